The van der Waals surface area contributed by atoms with E-state index in [0.29, 0.717) is 12.0 Å². The number of carbonyl (C=O) groups is 4. The molecule has 9 heteroatoms. The molecule has 0 aromatic carbocycles. The number of aliphatic hydroxyl groups is 1. The molecule has 3 heterocycles. The highest BCUT2D eigenvalue weighted by Gasteiger charge is 2.87. The highest BCUT2D eigenvalue weighted by Crippen LogP contribution is 2.75. The summed E-state index contributed by atoms with van der Waals surface area (Å²) in [6.45, 7) is 8.43. The van der Waals surface area contributed by atoms with Gasteiger partial charge >= 0.3 is 11.9 Å². The van der Waals surface area contributed by atoms with Crippen molar-refractivity contribution >= 4 is 23.5 Å². The predicted molar refractivity (Wildman–Crippen MR) is 124 cm³/mol. The molecule has 2 saturated carbocycles. The number of cyclic esters (lactones) is 1. The summed E-state index contributed by atoms with van der Waals surface area (Å²) in [5.74, 6) is -2.51. The van der Waals surface area contributed by atoms with Crippen LogP contribution in [0.4, 0.5) is 0 Å². The maximum Gasteiger partial charge on any atom is 0.338 e. The zero-order valence-corrected chi connectivity index (χ0v) is 21.4. The molecule has 0 amide bonds. The van der Waals surface area contributed by atoms with Crippen molar-refractivity contribution in [3.8, 4) is 0 Å². The van der Waals surface area contributed by atoms with Gasteiger partial charge in [-0.1, -0.05) is 6.08 Å². The van der Waals surface area contributed by atoms with Gasteiger partial charge in [-0.05, 0) is 53.5 Å². The van der Waals surface area contributed by atoms with E-state index in [1.165, 1.54) is 25.7 Å². The van der Waals surface area contributed by atoms with E-state index < -0.39 is 57.0 Å². The first-order valence-corrected chi connectivity index (χ1v) is 12.2. The van der Waals surface area contributed by atoms with Crippen molar-refractivity contribution < 1.29 is 42.9 Å². The predicted octanol–water partition coefficient (Wildman–Crippen LogP) is 2.80. The van der Waals surface area contributed by atoms with Crippen molar-refractivity contribution in [3.63, 3.8) is 0 Å². The second kappa shape index (κ2) is 7.16. The average molecular weight is 501 g/mol. The van der Waals surface area contributed by atoms with Gasteiger partial charge in [0, 0.05) is 18.4 Å². The Morgan fingerprint density at radius 3 is 2.42 bits per heavy atom. The molecule has 2 aliphatic carbocycles. The Hall–Kier alpha value is -2.78. The Balaban J connectivity index is 1.70. The minimum absolute atomic E-state index is 0.168. The van der Waals surface area contributed by atoms with Crippen LogP contribution >= 0.6 is 0 Å². The summed E-state index contributed by atoms with van der Waals surface area (Å²) in [5.41, 5.74) is -7.88. The number of methoxy groups -OCH3 is 1. The van der Waals surface area contributed by atoms with Crippen molar-refractivity contribution in [1.29, 1.82) is 0 Å². The van der Waals surface area contributed by atoms with Crippen LogP contribution in [0.3, 0.4) is 0 Å². The lowest BCUT2D eigenvalue weighted by molar-refractivity contribution is -0.250. The zero-order chi connectivity index (χ0) is 26.5. The van der Waals surface area contributed by atoms with Gasteiger partial charge in [0.05, 0.1) is 40.8 Å². The topological polar surface area (TPSA) is 133 Å². The Kier molecular flexibility index (Phi) is 4.95. The SMILES string of the molecule is COC(=O)C1OC12C(C)(C(=O)c1ccoc1)CCC1C(C)(O)C3(C=CC(=O)OC3(C)C)CC(=O)C12C. The third-order valence-electron chi connectivity index (χ3n) is 10.1. The molecule has 1 N–H and O–H groups in total. The van der Waals surface area contributed by atoms with Gasteiger partial charge < -0.3 is 23.7 Å². The molecule has 3 fully saturated rings. The molecule has 1 saturated heterocycles. The van der Waals surface area contributed by atoms with Gasteiger partial charge in [-0.15, -0.1) is 0 Å². The molecule has 7 unspecified atom stereocenters. The average Bonchev–Trinajstić information content (AvgIpc) is 3.34. The quantitative estimate of drug-likeness (QED) is 0.378. The van der Waals surface area contributed by atoms with E-state index in [1.807, 2.05) is 0 Å². The van der Waals surface area contributed by atoms with Crippen LogP contribution in [0.25, 0.3) is 0 Å². The molecule has 5 rings (SSSR count). The highest BCUT2D eigenvalue weighted by molar-refractivity contribution is 6.04. The number of hydrogen-bond acceptors (Lipinski definition) is 9. The Morgan fingerprint density at radius 2 is 1.83 bits per heavy atom. The first-order chi connectivity index (χ1) is 16.7. The normalized spacial score (nSPS) is 44.8. The van der Waals surface area contributed by atoms with Crippen LogP contribution in [-0.2, 0) is 28.6 Å². The fourth-order valence-corrected chi connectivity index (χ4v) is 8.03. The van der Waals surface area contributed by atoms with E-state index in [4.69, 9.17) is 18.6 Å². The van der Waals surface area contributed by atoms with Crippen molar-refractivity contribution in [1.82, 2.24) is 0 Å². The molecule has 1 aromatic heterocycles. The van der Waals surface area contributed by atoms with Gasteiger partial charge in [0.2, 0.25) is 0 Å². The minimum Gasteiger partial charge on any atom is -0.472 e. The molecule has 2 spiro atoms. The summed E-state index contributed by atoms with van der Waals surface area (Å²) < 4.78 is 21.9. The van der Waals surface area contributed by atoms with Gasteiger partial charge in [-0.3, -0.25) is 9.59 Å². The van der Waals surface area contributed by atoms with Gasteiger partial charge in [-0.2, -0.15) is 0 Å². The van der Waals surface area contributed by atoms with Crippen LogP contribution in [0.5, 0.6) is 0 Å². The van der Waals surface area contributed by atoms with Crippen molar-refractivity contribution in [2.75, 3.05) is 7.11 Å². The van der Waals surface area contributed by atoms with Crippen molar-refractivity contribution in [3.05, 3.63) is 36.3 Å². The van der Waals surface area contributed by atoms with Gasteiger partial charge in [0.1, 0.15) is 23.2 Å². The third-order valence-corrected chi connectivity index (χ3v) is 10.1. The summed E-state index contributed by atoms with van der Waals surface area (Å²) in [6, 6.07) is 1.54. The number of ether oxygens (including phenoxy) is 3. The molecule has 2 aliphatic heterocycles. The van der Waals surface area contributed by atoms with Crippen LogP contribution < -0.4 is 0 Å². The number of carbonyl (C=O) groups excluding carboxylic acids is 4. The maximum absolute atomic E-state index is 14.3. The summed E-state index contributed by atoms with van der Waals surface area (Å²) in [7, 11) is 1.23. The van der Waals surface area contributed by atoms with E-state index in [2.05, 4.69) is 0 Å². The fraction of sp³-hybridized carbons (Fsp3) is 0.630. The van der Waals surface area contributed by atoms with Crippen molar-refractivity contribution in [2.45, 2.75) is 76.8 Å². The number of esters is 2. The molecule has 7 atom stereocenters. The minimum atomic E-state index is -1.56. The molecular formula is C27H32O9. The van der Waals surface area contributed by atoms with E-state index in [0.717, 1.165) is 0 Å². The van der Waals surface area contributed by atoms with Crippen LogP contribution in [0.1, 0.15) is 64.2 Å². The second-order valence-electron chi connectivity index (χ2n) is 11.7. The maximum atomic E-state index is 14.3. The van der Waals surface area contributed by atoms with Crippen molar-refractivity contribution in [2.24, 2.45) is 22.2 Å². The lowest BCUT2D eigenvalue weighted by Gasteiger charge is -2.66. The number of Topliss-reactive ketones (excluding diaryl/α,β-unsaturated/α-hetero) is 2. The van der Waals surface area contributed by atoms with E-state index in [-0.39, 0.29) is 24.4 Å². The van der Waals surface area contributed by atoms with E-state index in [1.54, 1.807) is 46.8 Å². The third kappa shape index (κ3) is 2.58. The van der Waals surface area contributed by atoms with Crippen LogP contribution in [-0.4, -0.2) is 58.6 Å². The summed E-state index contributed by atoms with van der Waals surface area (Å²) in [5, 5.41) is 12.3. The summed E-state index contributed by atoms with van der Waals surface area (Å²) in [4.78, 5) is 53.2. The van der Waals surface area contributed by atoms with Crippen LogP contribution in [0, 0.1) is 22.2 Å². The number of ketones is 2. The molecule has 0 bridgehead atoms. The second-order valence-corrected chi connectivity index (χ2v) is 11.7. The Morgan fingerprint density at radius 1 is 1.14 bits per heavy atom. The standard InChI is InChI=1S/C27H32O9/c1-22(2)26(11-8-18(29)35-22)13-17(28)24(4)16(25(26,5)32)7-10-23(3,19(30)15-9-12-34-14-15)27(24)20(36-27)21(31)33-6/h8-9,11-12,14,16,20,32H,7,10,13H2,1-6H3. The van der Waals surface area contributed by atoms with E-state index in [9.17, 15) is 24.3 Å². The smallest absolute Gasteiger partial charge is 0.338 e. The number of hydrogen-bond donors (Lipinski definition) is 1. The van der Waals surface area contributed by atoms with Gasteiger partial charge in [0.25, 0.3) is 0 Å². The molecule has 9 nitrogen and oxygen atoms in total. The number of fused-ring (bicyclic) bond motifs is 2. The first-order valence-electron chi connectivity index (χ1n) is 12.2. The molecule has 4 aliphatic rings. The number of rotatable bonds is 3. The largest absolute Gasteiger partial charge is 0.472 e. The monoisotopic (exact) mass is 500 g/mol. The van der Waals surface area contributed by atoms with Crippen LogP contribution in [0.15, 0.2) is 35.2 Å². The van der Waals surface area contributed by atoms with Gasteiger partial charge in [-0.25, -0.2) is 9.59 Å². The number of furan rings is 1. The van der Waals surface area contributed by atoms with Gasteiger partial charge in [0.15, 0.2) is 11.9 Å². The summed E-state index contributed by atoms with van der Waals surface area (Å²) >= 11 is 0. The Bertz CT molecular complexity index is 1190. The highest BCUT2D eigenvalue weighted by atomic mass is 16.7. The lowest BCUT2D eigenvalue weighted by Crippen LogP contribution is -2.76. The molecule has 0 radical (unpaired) electrons. The Labute approximate surface area is 209 Å². The summed E-state index contributed by atoms with van der Waals surface area (Å²) in [6.07, 6.45) is 4.80. The van der Waals surface area contributed by atoms with E-state index >= 15 is 0 Å². The zero-order valence-electron chi connectivity index (χ0n) is 21.4. The molecule has 36 heavy (non-hydrogen) atoms. The lowest BCUT2D eigenvalue weighted by atomic mass is 9.37. The molecule has 194 valence electrons. The first kappa shape index (κ1) is 24.9. The van der Waals surface area contributed by atoms with Crippen LogP contribution in [0.2, 0.25) is 0 Å². The fourth-order valence-electron chi connectivity index (χ4n) is 8.03. The molecule has 1 aromatic rings. The number of epoxide rings is 1. The molecular weight excluding hydrogens is 468 g/mol.